The average Bonchev–Trinajstić information content (AvgIpc) is 2.31. The average molecular weight is 260 g/mol. The molecule has 102 valence electrons. The van der Waals surface area contributed by atoms with Gasteiger partial charge >= 0.3 is 0 Å². The predicted molar refractivity (Wildman–Crippen MR) is 76.9 cm³/mol. The molecular weight excluding hydrogens is 240 g/mol. The molecule has 2 N–H and O–H groups in total. The highest BCUT2D eigenvalue weighted by Gasteiger charge is 2.03. The normalized spacial score (nSPS) is 9.63. The van der Waals surface area contributed by atoms with Crippen LogP contribution in [0.1, 0.15) is 26.3 Å². The van der Waals surface area contributed by atoms with Gasteiger partial charge in [0.2, 0.25) is 11.8 Å². The minimum atomic E-state index is -0.142. The van der Waals surface area contributed by atoms with Gasteiger partial charge in [-0.3, -0.25) is 9.59 Å². The van der Waals surface area contributed by atoms with Gasteiger partial charge in [0.15, 0.2) is 0 Å². The van der Waals surface area contributed by atoms with Crippen molar-refractivity contribution in [2.24, 2.45) is 0 Å². The maximum Gasteiger partial charge on any atom is 0.248 e. The van der Waals surface area contributed by atoms with Crippen molar-refractivity contribution in [3.63, 3.8) is 0 Å². The summed E-state index contributed by atoms with van der Waals surface area (Å²) >= 11 is 0. The van der Waals surface area contributed by atoms with E-state index in [-0.39, 0.29) is 11.8 Å². The fourth-order valence-electron chi connectivity index (χ4n) is 1.59. The lowest BCUT2D eigenvalue weighted by atomic mass is 10.1. The van der Waals surface area contributed by atoms with Crippen LogP contribution in [0.25, 0.3) is 0 Å². The molecule has 0 spiro atoms. The number of hydrogen-bond acceptors (Lipinski definition) is 2. The van der Waals surface area contributed by atoms with Gasteiger partial charge in [0.25, 0.3) is 0 Å². The first-order valence-electron chi connectivity index (χ1n) is 6.32. The van der Waals surface area contributed by atoms with Crippen LogP contribution in [0.4, 0.5) is 5.69 Å². The van der Waals surface area contributed by atoms with Crippen LogP contribution in [0.2, 0.25) is 0 Å². The Bertz CT molecular complexity index is 471. The molecular formula is C15H20N2O2. The van der Waals surface area contributed by atoms with Crippen LogP contribution in [0, 0.1) is 0 Å². The Hall–Kier alpha value is -2.10. The number of amides is 2. The van der Waals surface area contributed by atoms with Crippen LogP contribution >= 0.6 is 0 Å². The third-order valence-corrected chi connectivity index (χ3v) is 2.38. The van der Waals surface area contributed by atoms with Crippen molar-refractivity contribution in [1.82, 2.24) is 5.32 Å². The summed E-state index contributed by atoms with van der Waals surface area (Å²) in [6.45, 7) is 6.26. The summed E-state index contributed by atoms with van der Waals surface area (Å²) in [6.07, 6.45) is 1.90. The zero-order chi connectivity index (χ0) is 14.3. The van der Waals surface area contributed by atoms with Gasteiger partial charge in [-0.05, 0) is 38.5 Å². The Balaban J connectivity index is 2.59. The molecule has 0 saturated heterocycles. The molecule has 0 bridgehead atoms. The van der Waals surface area contributed by atoms with E-state index >= 15 is 0 Å². The third kappa shape index (κ3) is 5.86. The molecule has 0 fully saturated rings. The molecule has 1 aromatic carbocycles. The van der Waals surface area contributed by atoms with E-state index in [9.17, 15) is 9.59 Å². The standard InChI is InChI=1S/C15H20N2O2/c1-4-16-14(18)10-12-5-7-13(8-6-12)17-15(19)9-11(2)3/h5-9H,4,10H2,1-3H3,(H,16,18)(H,17,19). The fourth-order valence-corrected chi connectivity index (χ4v) is 1.59. The van der Waals surface area contributed by atoms with Gasteiger partial charge in [-0.15, -0.1) is 0 Å². The van der Waals surface area contributed by atoms with E-state index in [0.29, 0.717) is 13.0 Å². The minimum absolute atomic E-state index is 0.00354. The molecule has 4 nitrogen and oxygen atoms in total. The number of anilines is 1. The van der Waals surface area contributed by atoms with Crippen LogP contribution in [-0.4, -0.2) is 18.4 Å². The lowest BCUT2D eigenvalue weighted by molar-refractivity contribution is -0.120. The van der Waals surface area contributed by atoms with E-state index in [2.05, 4.69) is 10.6 Å². The second-order valence-electron chi connectivity index (χ2n) is 4.54. The zero-order valence-corrected chi connectivity index (χ0v) is 11.6. The molecule has 1 aromatic rings. The SMILES string of the molecule is CCNC(=O)Cc1ccc(NC(=O)C=C(C)C)cc1. The Morgan fingerprint density at radius 1 is 1.16 bits per heavy atom. The lowest BCUT2D eigenvalue weighted by Crippen LogP contribution is -2.24. The van der Waals surface area contributed by atoms with Crippen LogP contribution in [-0.2, 0) is 16.0 Å². The molecule has 19 heavy (non-hydrogen) atoms. The molecule has 0 aliphatic carbocycles. The quantitative estimate of drug-likeness (QED) is 0.798. The highest BCUT2D eigenvalue weighted by atomic mass is 16.2. The molecule has 2 amide bonds. The van der Waals surface area contributed by atoms with Gasteiger partial charge in [0, 0.05) is 18.3 Å². The summed E-state index contributed by atoms with van der Waals surface area (Å²) in [5.41, 5.74) is 2.60. The van der Waals surface area contributed by atoms with Gasteiger partial charge < -0.3 is 10.6 Å². The summed E-state index contributed by atoms with van der Waals surface area (Å²) in [5, 5.41) is 5.51. The summed E-state index contributed by atoms with van der Waals surface area (Å²) in [6, 6.07) is 7.28. The number of rotatable bonds is 5. The molecule has 0 aliphatic rings. The van der Waals surface area contributed by atoms with Gasteiger partial charge in [-0.1, -0.05) is 17.7 Å². The second-order valence-corrected chi connectivity index (χ2v) is 4.54. The first-order chi connectivity index (χ1) is 9.01. The van der Waals surface area contributed by atoms with Crippen LogP contribution in [0.5, 0.6) is 0 Å². The van der Waals surface area contributed by atoms with E-state index in [0.717, 1.165) is 16.8 Å². The summed E-state index contributed by atoms with van der Waals surface area (Å²) in [5.74, 6) is -0.139. The van der Waals surface area contributed by atoms with Gasteiger partial charge in [-0.25, -0.2) is 0 Å². The number of likely N-dealkylation sites (N-methyl/N-ethyl adjacent to an activating group) is 1. The lowest BCUT2D eigenvalue weighted by Gasteiger charge is -2.05. The van der Waals surface area contributed by atoms with Crippen molar-refractivity contribution < 1.29 is 9.59 Å². The molecule has 0 radical (unpaired) electrons. The Labute approximate surface area is 113 Å². The highest BCUT2D eigenvalue weighted by Crippen LogP contribution is 2.10. The van der Waals surface area contributed by atoms with Crippen LogP contribution in [0.15, 0.2) is 35.9 Å². The summed E-state index contributed by atoms with van der Waals surface area (Å²) < 4.78 is 0. The van der Waals surface area contributed by atoms with Crippen LogP contribution < -0.4 is 10.6 Å². The van der Waals surface area contributed by atoms with Crippen molar-refractivity contribution in [2.45, 2.75) is 27.2 Å². The minimum Gasteiger partial charge on any atom is -0.356 e. The topological polar surface area (TPSA) is 58.2 Å². The molecule has 0 atom stereocenters. The monoisotopic (exact) mass is 260 g/mol. The van der Waals surface area contributed by atoms with Crippen molar-refractivity contribution in [3.05, 3.63) is 41.5 Å². The largest absolute Gasteiger partial charge is 0.356 e. The summed E-state index contributed by atoms with van der Waals surface area (Å²) in [4.78, 5) is 22.9. The van der Waals surface area contributed by atoms with Gasteiger partial charge in [-0.2, -0.15) is 0 Å². The van der Waals surface area contributed by atoms with E-state index in [1.807, 2.05) is 32.9 Å². The number of allylic oxidation sites excluding steroid dienone is 1. The molecule has 0 aliphatic heterocycles. The van der Waals surface area contributed by atoms with Crippen molar-refractivity contribution >= 4 is 17.5 Å². The van der Waals surface area contributed by atoms with Crippen molar-refractivity contribution in [1.29, 1.82) is 0 Å². The van der Waals surface area contributed by atoms with E-state index in [4.69, 9.17) is 0 Å². The van der Waals surface area contributed by atoms with E-state index in [1.165, 1.54) is 0 Å². The maximum atomic E-state index is 11.5. The highest BCUT2D eigenvalue weighted by molar-refractivity contribution is 5.99. The van der Waals surface area contributed by atoms with Crippen LogP contribution in [0.3, 0.4) is 0 Å². The zero-order valence-electron chi connectivity index (χ0n) is 11.6. The van der Waals surface area contributed by atoms with Gasteiger partial charge in [0.1, 0.15) is 0 Å². The van der Waals surface area contributed by atoms with Crippen molar-refractivity contribution in [3.8, 4) is 0 Å². The molecule has 0 heterocycles. The smallest absolute Gasteiger partial charge is 0.248 e. The Morgan fingerprint density at radius 3 is 2.32 bits per heavy atom. The number of hydrogen-bond donors (Lipinski definition) is 2. The van der Waals surface area contributed by atoms with Crippen molar-refractivity contribution in [2.75, 3.05) is 11.9 Å². The maximum absolute atomic E-state index is 11.5. The van der Waals surface area contributed by atoms with E-state index < -0.39 is 0 Å². The second kappa shape index (κ2) is 7.36. The molecule has 1 rings (SSSR count). The Morgan fingerprint density at radius 2 is 1.79 bits per heavy atom. The Kier molecular flexibility index (Phi) is 5.79. The number of carbonyl (C=O) groups is 2. The van der Waals surface area contributed by atoms with E-state index in [1.54, 1.807) is 18.2 Å². The number of nitrogens with one attached hydrogen (secondary N) is 2. The molecule has 0 aromatic heterocycles. The molecule has 0 unspecified atom stereocenters. The van der Waals surface area contributed by atoms with Gasteiger partial charge in [0.05, 0.1) is 6.42 Å². The molecule has 0 saturated carbocycles. The first-order valence-corrected chi connectivity index (χ1v) is 6.32. The number of benzene rings is 1. The predicted octanol–water partition coefficient (Wildman–Crippen LogP) is 2.27. The fraction of sp³-hybridized carbons (Fsp3) is 0.333. The number of carbonyl (C=O) groups excluding carboxylic acids is 2. The first kappa shape index (κ1) is 15.0. The third-order valence-electron chi connectivity index (χ3n) is 2.38. The summed E-state index contributed by atoms with van der Waals surface area (Å²) in [7, 11) is 0. The molecule has 4 heteroatoms.